The fourth-order valence-corrected chi connectivity index (χ4v) is 2.27. The number of nitrogens with zero attached hydrogens (tertiary/aromatic N) is 1. The monoisotopic (exact) mass is 307 g/mol. The van der Waals surface area contributed by atoms with E-state index < -0.39 is 0 Å². The molecule has 0 N–H and O–H groups in total. The standard InChI is InChI=1S/C13H26BrNO2/c1-11(2)4-6-16-7-5-15-9-13(8-14)17-10-12(15)3/h11-13H,4-10H2,1-3H3. The van der Waals surface area contributed by atoms with E-state index in [0.717, 1.165) is 50.6 Å². The highest BCUT2D eigenvalue weighted by molar-refractivity contribution is 9.09. The van der Waals surface area contributed by atoms with Crippen LogP contribution in [-0.2, 0) is 9.47 Å². The van der Waals surface area contributed by atoms with Crippen molar-refractivity contribution >= 4 is 15.9 Å². The molecule has 2 unspecified atom stereocenters. The first-order valence-corrected chi connectivity index (χ1v) is 7.75. The van der Waals surface area contributed by atoms with Crippen molar-refractivity contribution in [1.29, 1.82) is 0 Å². The third-order valence-electron chi connectivity index (χ3n) is 3.17. The summed E-state index contributed by atoms with van der Waals surface area (Å²) in [7, 11) is 0. The van der Waals surface area contributed by atoms with Gasteiger partial charge in [0.05, 0.1) is 19.3 Å². The van der Waals surface area contributed by atoms with E-state index >= 15 is 0 Å². The molecule has 0 bridgehead atoms. The molecule has 1 heterocycles. The Morgan fingerprint density at radius 3 is 2.82 bits per heavy atom. The normalized spacial score (nSPS) is 26.6. The predicted octanol–water partition coefficient (Wildman–Crippen LogP) is 2.53. The molecule has 1 aliphatic heterocycles. The van der Waals surface area contributed by atoms with Gasteiger partial charge in [0.2, 0.25) is 0 Å². The van der Waals surface area contributed by atoms with Crippen LogP contribution in [0.15, 0.2) is 0 Å². The van der Waals surface area contributed by atoms with E-state index in [1.165, 1.54) is 0 Å². The van der Waals surface area contributed by atoms with Crippen LogP contribution >= 0.6 is 15.9 Å². The molecule has 0 spiro atoms. The Morgan fingerprint density at radius 2 is 2.18 bits per heavy atom. The first-order valence-electron chi connectivity index (χ1n) is 6.62. The Kier molecular flexibility index (Phi) is 7.67. The molecule has 102 valence electrons. The van der Waals surface area contributed by atoms with Crippen molar-refractivity contribution in [3.8, 4) is 0 Å². The molecule has 0 aromatic heterocycles. The van der Waals surface area contributed by atoms with E-state index in [1.54, 1.807) is 0 Å². The van der Waals surface area contributed by atoms with Gasteiger partial charge in [0.15, 0.2) is 0 Å². The van der Waals surface area contributed by atoms with Crippen molar-refractivity contribution in [2.45, 2.75) is 39.3 Å². The third kappa shape index (κ3) is 6.18. The second-order valence-electron chi connectivity index (χ2n) is 5.25. The zero-order valence-electron chi connectivity index (χ0n) is 11.3. The molecule has 1 aliphatic rings. The average molecular weight is 308 g/mol. The number of hydrogen-bond acceptors (Lipinski definition) is 3. The van der Waals surface area contributed by atoms with Gasteiger partial charge in [-0.1, -0.05) is 29.8 Å². The van der Waals surface area contributed by atoms with Gasteiger partial charge in [-0.3, -0.25) is 4.90 Å². The second-order valence-corrected chi connectivity index (χ2v) is 5.90. The van der Waals surface area contributed by atoms with Gasteiger partial charge in [-0.15, -0.1) is 0 Å². The fourth-order valence-electron chi connectivity index (χ4n) is 1.88. The quantitative estimate of drug-likeness (QED) is 0.533. The summed E-state index contributed by atoms with van der Waals surface area (Å²) in [6.07, 6.45) is 1.49. The molecular formula is C13H26BrNO2. The van der Waals surface area contributed by atoms with Crippen LogP contribution in [0.5, 0.6) is 0 Å². The van der Waals surface area contributed by atoms with Crippen molar-refractivity contribution in [3.05, 3.63) is 0 Å². The second kappa shape index (κ2) is 8.46. The molecule has 0 aromatic carbocycles. The summed E-state index contributed by atoms with van der Waals surface area (Å²) in [5.74, 6) is 0.732. The molecule has 0 amide bonds. The van der Waals surface area contributed by atoms with E-state index in [1.807, 2.05) is 0 Å². The molecule has 4 heteroatoms. The number of halogens is 1. The van der Waals surface area contributed by atoms with Gasteiger partial charge in [0.1, 0.15) is 0 Å². The van der Waals surface area contributed by atoms with Crippen LogP contribution in [-0.4, -0.2) is 55.3 Å². The molecule has 0 radical (unpaired) electrons. The maximum absolute atomic E-state index is 5.70. The highest BCUT2D eigenvalue weighted by atomic mass is 79.9. The van der Waals surface area contributed by atoms with Crippen LogP contribution in [0.3, 0.4) is 0 Å². The molecule has 1 rings (SSSR count). The minimum atomic E-state index is 0.335. The highest BCUT2D eigenvalue weighted by Gasteiger charge is 2.24. The zero-order chi connectivity index (χ0) is 12.7. The number of alkyl halides is 1. The number of ether oxygens (including phenoxy) is 2. The largest absolute Gasteiger partial charge is 0.380 e. The minimum Gasteiger partial charge on any atom is -0.380 e. The van der Waals surface area contributed by atoms with E-state index in [2.05, 4.69) is 41.6 Å². The lowest BCUT2D eigenvalue weighted by molar-refractivity contribution is -0.0547. The number of hydrogen-bond donors (Lipinski definition) is 0. The third-order valence-corrected chi connectivity index (χ3v) is 3.89. The smallest absolute Gasteiger partial charge is 0.0799 e. The van der Waals surface area contributed by atoms with Crippen molar-refractivity contribution in [3.63, 3.8) is 0 Å². The van der Waals surface area contributed by atoms with Crippen LogP contribution in [0.4, 0.5) is 0 Å². The predicted molar refractivity (Wildman–Crippen MR) is 74.8 cm³/mol. The zero-order valence-corrected chi connectivity index (χ0v) is 12.9. The first kappa shape index (κ1) is 15.4. The Morgan fingerprint density at radius 1 is 1.41 bits per heavy atom. The molecule has 1 saturated heterocycles. The lowest BCUT2D eigenvalue weighted by Gasteiger charge is -2.37. The SMILES string of the molecule is CC(C)CCOCCN1CC(CBr)OCC1C. The van der Waals surface area contributed by atoms with Crippen molar-refractivity contribution in [1.82, 2.24) is 4.90 Å². The first-order chi connectivity index (χ1) is 8.13. The van der Waals surface area contributed by atoms with Crippen molar-refractivity contribution in [2.75, 3.05) is 38.2 Å². The lowest BCUT2D eigenvalue weighted by atomic mass is 10.1. The molecule has 2 atom stereocenters. The molecule has 0 saturated carbocycles. The van der Waals surface area contributed by atoms with Gasteiger partial charge >= 0.3 is 0 Å². The van der Waals surface area contributed by atoms with Crippen LogP contribution in [0.25, 0.3) is 0 Å². The van der Waals surface area contributed by atoms with Crippen LogP contribution in [0, 0.1) is 5.92 Å². The van der Waals surface area contributed by atoms with Gasteiger partial charge in [0.25, 0.3) is 0 Å². The Bertz CT molecular complexity index is 202. The Balaban J connectivity index is 2.12. The summed E-state index contributed by atoms with van der Waals surface area (Å²) in [6.45, 7) is 11.3. The van der Waals surface area contributed by atoms with E-state index in [-0.39, 0.29) is 0 Å². The minimum absolute atomic E-state index is 0.335. The summed E-state index contributed by atoms with van der Waals surface area (Å²) < 4.78 is 11.4. The molecule has 17 heavy (non-hydrogen) atoms. The Labute approximate surface area is 114 Å². The molecular weight excluding hydrogens is 282 g/mol. The van der Waals surface area contributed by atoms with Gasteiger partial charge in [0, 0.05) is 31.1 Å². The Hall–Kier alpha value is 0.360. The maximum Gasteiger partial charge on any atom is 0.0799 e. The average Bonchev–Trinajstić information content (AvgIpc) is 2.30. The summed E-state index contributed by atoms with van der Waals surface area (Å²) in [5.41, 5.74) is 0. The van der Waals surface area contributed by atoms with Crippen LogP contribution in [0.2, 0.25) is 0 Å². The lowest BCUT2D eigenvalue weighted by Crippen LogP contribution is -2.49. The fraction of sp³-hybridized carbons (Fsp3) is 1.00. The van der Waals surface area contributed by atoms with Crippen LogP contribution < -0.4 is 0 Å². The number of morpholine rings is 1. The number of rotatable bonds is 7. The van der Waals surface area contributed by atoms with Crippen LogP contribution in [0.1, 0.15) is 27.2 Å². The summed E-state index contributed by atoms with van der Waals surface area (Å²) in [5, 5.41) is 0.921. The van der Waals surface area contributed by atoms with Crippen molar-refractivity contribution in [2.24, 2.45) is 5.92 Å². The highest BCUT2D eigenvalue weighted by Crippen LogP contribution is 2.12. The summed E-state index contributed by atoms with van der Waals surface area (Å²) in [4.78, 5) is 2.46. The molecule has 3 nitrogen and oxygen atoms in total. The molecule has 0 aromatic rings. The topological polar surface area (TPSA) is 21.7 Å². The molecule has 0 aliphatic carbocycles. The molecule has 1 fully saturated rings. The van der Waals surface area contributed by atoms with Gasteiger partial charge < -0.3 is 9.47 Å². The van der Waals surface area contributed by atoms with Gasteiger partial charge in [-0.2, -0.15) is 0 Å². The maximum atomic E-state index is 5.70. The van der Waals surface area contributed by atoms with Gasteiger partial charge in [-0.05, 0) is 19.3 Å². The van der Waals surface area contributed by atoms with Crippen molar-refractivity contribution < 1.29 is 9.47 Å². The summed E-state index contributed by atoms with van der Waals surface area (Å²) >= 11 is 3.48. The van der Waals surface area contributed by atoms with Gasteiger partial charge in [-0.25, -0.2) is 0 Å². The van der Waals surface area contributed by atoms with E-state index in [4.69, 9.17) is 9.47 Å². The summed E-state index contributed by atoms with van der Waals surface area (Å²) in [6, 6.07) is 0.513. The van der Waals surface area contributed by atoms with E-state index in [9.17, 15) is 0 Å². The van der Waals surface area contributed by atoms with E-state index in [0.29, 0.717) is 12.1 Å².